The van der Waals surface area contributed by atoms with Gasteiger partial charge in [-0.1, -0.05) is 12.1 Å². The van der Waals surface area contributed by atoms with Gasteiger partial charge in [0, 0.05) is 11.1 Å². The minimum absolute atomic E-state index is 0.421. The van der Waals surface area contributed by atoms with E-state index >= 15 is 0 Å². The van der Waals surface area contributed by atoms with Gasteiger partial charge in [-0.25, -0.2) is 9.48 Å². The zero-order valence-electron chi connectivity index (χ0n) is 17.8. The maximum absolute atomic E-state index is 12.6. The highest BCUT2D eigenvalue weighted by molar-refractivity contribution is 6.11. The first kappa shape index (κ1) is 21.8. The lowest BCUT2D eigenvalue weighted by Gasteiger charge is -2.22. The number of aromatic nitrogens is 2. The standard InChI is InChI=1S/C22H25N5O4/c1-13-6-5-7-16(10-13)27-17-11-15(9-8-14(17)12-24-27)25-20(29)18(19(23)28)26-21(30)31-22(2,3)4/h5-12,18H,1-4H3,(H2,23,28)(H,25,29)(H,26,30). The second-order valence-corrected chi connectivity index (χ2v) is 8.14. The molecule has 4 N–H and O–H groups in total. The van der Waals surface area contributed by atoms with Gasteiger partial charge in [0.2, 0.25) is 5.91 Å². The highest BCUT2D eigenvalue weighted by Gasteiger charge is 2.29. The van der Waals surface area contributed by atoms with E-state index in [-0.39, 0.29) is 0 Å². The molecule has 0 spiro atoms. The molecule has 3 rings (SSSR count). The number of alkyl carbamates (subject to hydrolysis) is 1. The average molecular weight is 423 g/mol. The molecule has 1 heterocycles. The topological polar surface area (TPSA) is 128 Å². The summed E-state index contributed by atoms with van der Waals surface area (Å²) in [5, 5.41) is 10.1. The fourth-order valence-corrected chi connectivity index (χ4v) is 2.97. The molecular weight excluding hydrogens is 398 g/mol. The lowest BCUT2D eigenvalue weighted by atomic mass is 10.2. The molecule has 2 aromatic carbocycles. The van der Waals surface area contributed by atoms with E-state index in [9.17, 15) is 14.4 Å². The summed E-state index contributed by atoms with van der Waals surface area (Å²) in [5.41, 5.74) is 7.66. The van der Waals surface area contributed by atoms with Crippen molar-refractivity contribution in [2.24, 2.45) is 5.73 Å². The molecule has 1 unspecified atom stereocenters. The number of carbonyl (C=O) groups excluding carboxylic acids is 3. The van der Waals surface area contributed by atoms with Crippen LogP contribution < -0.4 is 16.4 Å². The lowest BCUT2D eigenvalue weighted by molar-refractivity contribution is -0.127. The number of hydrogen-bond donors (Lipinski definition) is 3. The quantitative estimate of drug-likeness (QED) is 0.544. The van der Waals surface area contributed by atoms with Crippen LogP contribution in [0.15, 0.2) is 48.7 Å². The minimum Gasteiger partial charge on any atom is -0.444 e. The van der Waals surface area contributed by atoms with Crippen LogP contribution in [-0.2, 0) is 14.3 Å². The molecule has 31 heavy (non-hydrogen) atoms. The fraction of sp³-hybridized carbons (Fsp3) is 0.273. The van der Waals surface area contributed by atoms with Gasteiger partial charge in [0.1, 0.15) is 5.60 Å². The number of primary amides is 1. The molecule has 1 atom stereocenters. The number of hydrogen-bond acceptors (Lipinski definition) is 5. The Morgan fingerprint density at radius 1 is 1.13 bits per heavy atom. The number of ether oxygens (including phenoxy) is 1. The first-order valence-electron chi connectivity index (χ1n) is 9.68. The number of nitrogens with zero attached hydrogens (tertiary/aromatic N) is 2. The van der Waals surface area contributed by atoms with Gasteiger partial charge < -0.3 is 21.1 Å². The maximum Gasteiger partial charge on any atom is 0.408 e. The van der Waals surface area contributed by atoms with Gasteiger partial charge in [-0.2, -0.15) is 5.10 Å². The molecular formula is C22H25N5O4. The van der Waals surface area contributed by atoms with Crippen LogP contribution in [0.25, 0.3) is 16.6 Å². The number of anilines is 1. The summed E-state index contributed by atoms with van der Waals surface area (Å²) >= 11 is 0. The monoisotopic (exact) mass is 423 g/mol. The van der Waals surface area contributed by atoms with Crippen molar-refractivity contribution in [3.8, 4) is 5.69 Å². The summed E-state index contributed by atoms with van der Waals surface area (Å²) in [6.45, 7) is 6.98. The van der Waals surface area contributed by atoms with E-state index in [1.807, 2.05) is 31.2 Å². The molecule has 3 amide bonds. The Morgan fingerprint density at radius 2 is 1.87 bits per heavy atom. The Bertz CT molecular complexity index is 1150. The molecule has 3 aromatic rings. The number of rotatable bonds is 5. The fourth-order valence-electron chi connectivity index (χ4n) is 2.97. The SMILES string of the molecule is Cc1cccc(-n2ncc3ccc(NC(=O)C(NC(=O)OC(C)(C)C)C(N)=O)cc32)c1. The van der Waals surface area contributed by atoms with Gasteiger partial charge >= 0.3 is 6.09 Å². The number of carbonyl (C=O) groups is 3. The number of nitrogens with two attached hydrogens (primary N) is 1. The molecule has 9 nitrogen and oxygen atoms in total. The third kappa shape index (κ3) is 5.39. The van der Waals surface area contributed by atoms with Gasteiger partial charge in [0.05, 0.1) is 17.4 Å². The number of benzene rings is 2. The summed E-state index contributed by atoms with van der Waals surface area (Å²) in [7, 11) is 0. The zero-order valence-corrected chi connectivity index (χ0v) is 17.8. The van der Waals surface area contributed by atoms with Crippen molar-refractivity contribution in [2.75, 3.05) is 5.32 Å². The van der Waals surface area contributed by atoms with E-state index in [4.69, 9.17) is 10.5 Å². The molecule has 0 saturated carbocycles. The Kier molecular flexibility index (Phi) is 5.96. The van der Waals surface area contributed by atoms with Crippen molar-refractivity contribution in [1.82, 2.24) is 15.1 Å². The van der Waals surface area contributed by atoms with Crippen molar-refractivity contribution in [3.63, 3.8) is 0 Å². The third-order valence-electron chi connectivity index (χ3n) is 4.29. The first-order valence-corrected chi connectivity index (χ1v) is 9.68. The molecule has 0 aliphatic heterocycles. The predicted molar refractivity (Wildman–Crippen MR) is 117 cm³/mol. The highest BCUT2D eigenvalue weighted by Crippen LogP contribution is 2.22. The predicted octanol–water partition coefficient (Wildman–Crippen LogP) is 2.65. The molecule has 1 aromatic heterocycles. The van der Waals surface area contributed by atoms with Gasteiger partial charge in [-0.3, -0.25) is 9.59 Å². The first-order chi connectivity index (χ1) is 14.5. The molecule has 0 saturated heterocycles. The minimum atomic E-state index is -1.59. The van der Waals surface area contributed by atoms with Crippen molar-refractivity contribution in [2.45, 2.75) is 39.3 Å². The van der Waals surface area contributed by atoms with Crippen molar-refractivity contribution < 1.29 is 19.1 Å². The van der Waals surface area contributed by atoms with E-state index < -0.39 is 29.6 Å². The Balaban J connectivity index is 1.83. The number of amides is 3. The van der Waals surface area contributed by atoms with E-state index in [0.29, 0.717) is 5.69 Å². The van der Waals surface area contributed by atoms with Gasteiger partial charge in [-0.05, 0) is 63.6 Å². The smallest absolute Gasteiger partial charge is 0.408 e. The Hall–Kier alpha value is -3.88. The number of nitrogens with one attached hydrogen (secondary N) is 2. The van der Waals surface area contributed by atoms with E-state index in [0.717, 1.165) is 22.2 Å². The average Bonchev–Trinajstić information content (AvgIpc) is 3.07. The van der Waals surface area contributed by atoms with Gasteiger partial charge in [0.25, 0.3) is 5.91 Å². The molecule has 0 fully saturated rings. The summed E-state index contributed by atoms with van der Waals surface area (Å²) < 4.78 is 6.84. The van der Waals surface area contributed by atoms with Crippen LogP contribution in [0.2, 0.25) is 0 Å². The largest absolute Gasteiger partial charge is 0.444 e. The number of aryl methyl sites for hydroxylation is 1. The lowest BCUT2D eigenvalue weighted by Crippen LogP contribution is -2.52. The van der Waals surface area contributed by atoms with Crippen LogP contribution in [0.5, 0.6) is 0 Å². The molecule has 9 heteroatoms. The summed E-state index contributed by atoms with van der Waals surface area (Å²) in [6, 6.07) is 11.5. The van der Waals surface area contributed by atoms with Crippen LogP contribution in [0.1, 0.15) is 26.3 Å². The van der Waals surface area contributed by atoms with Crippen LogP contribution in [0, 0.1) is 6.92 Å². The molecule has 0 aliphatic rings. The summed E-state index contributed by atoms with van der Waals surface area (Å²) in [6.07, 6.45) is 0.805. The Morgan fingerprint density at radius 3 is 2.52 bits per heavy atom. The Labute approximate surface area is 179 Å². The van der Waals surface area contributed by atoms with Gasteiger partial charge in [0.15, 0.2) is 6.04 Å². The second-order valence-electron chi connectivity index (χ2n) is 8.14. The second kappa shape index (κ2) is 8.47. The zero-order chi connectivity index (χ0) is 22.8. The molecule has 162 valence electrons. The van der Waals surface area contributed by atoms with Crippen LogP contribution in [-0.4, -0.2) is 39.3 Å². The normalized spacial score (nSPS) is 12.3. The molecule has 0 radical (unpaired) electrons. The highest BCUT2D eigenvalue weighted by atomic mass is 16.6. The maximum atomic E-state index is 12.6. The number of fused-ring (bicyclic) bond motifs is 1. The van der Waals surface area contributed by atoms with Crippen molar-refractivity contribution >= 4 is 34.5 Å². The molecule has 0 bridgehead atoms. The van der Waals surface area contributed by atoms with E-state index in [2.05, 4.69) is 15.7 Å². The van der Waals surface area contributed by atoms with Crippen LogP contribution in [0.4, 0.5) is 10.5 Å². The summed E-state index contributed by atoms with van der Waals surface area (Å²) in [5.74, 6) is -1.78. The van der Waals surface area contributed by atoms with Crippen molar-refractivity contribution in [1.29, 1.82) is 0 Å². The van der Waals surface area contributed by atoms with Crippen LogP contribution in [0.3, 0.4) is 0 Å². The van der Waals surface area contributed by atoms with Crippen molar-refractivity contribution in [3.05, 3.63) is 54.2 Å². The molecule has 0 aliphatic carbocycles. The van der Waals surface area contributed by atoms with E-state index in [1.54, 1.807) is 49.8 Å². The third-order valence-corrected chi connectivity index (χ3v) is 4.29. The van der Waals surface area contributed by atoms with Gasteiger partial charge in [-0.15, -0.1) is 0 Å². The summed E-state index contributed by atoms with van der Waals surface area (Å²) in [4.78, 5) is 36.3. The van der Waals surface area contributed by atoms with Crippen LogP contribution >= 0.6 is 0 Å². The van der Waals surface area contributed by atoms with E-state index in [1.165, 1.54) is 0 Å².